The van der Waals surface area contributed by atoms with Crippen molar-refractivity contribution < 1.29 is 8.42 Å². The molecule has 3 aliphatic rings. The predicted octanol–water partition coefficient (Wildman–Crippen LogP) is 9.16. The van der Waals surface area contributed by atoms with Crippen molar-refractivity contribution in [1.29, 1.82) is 5.26 Å². The topological polar surface area (TPSA) is 79.0 Å². The zero-order chi connectivity index (χ0) is 35.6. The normalized spacial score (nSPS) is 19.2. The minimum absolute atomic E-state index is 0.00448. The van der Waals surface area contributed by atoms with Gasteiger partial charge in [-0.25, -0.2) is 8.42 Å². The third-order valence-corrected chi connectivity index (χ3v) is 12.4. The summed E-state index contributed by atoms with van der Waals surface area (Å²) >= 11 is 0. The monoisotopic (exact) mass is 696 g/mol. The molecule has 0 saturated carbocycles. The predicted molar refractivity (Wildman–Crippen MR) is 210 cm³/mol. The van der Waals surface area contributed by atoms with Crippen LogP contribution >= 0.6 is 0 Å². The van der Waals surface area contributed by atoms with Crippen LogP contribution in [0.5, 0.6) is 0 Å². The van der Waals surface area contributed by atoms with E-state index < -0.39 is 15.3 Å². The number of pyridine rings is 1. The standard InChI is InChI=1S/C45H36N4O2S/c1-45(37-23-35(31-12-17-47-18-13-31)22-36(24-37)32-14-19-48(2)20-15-32)16-11-34-29-52(50,51)28-33-8-9-38(25-40(33)42(34)26-45)49-43-6-4-3-5-39(43)41-21-30(27-46)7-10-44(41)49/h3-19,21-25H,20,26,28-29H2,1-2H3. The first-order valence-corrected chi connectivity index (χ1v) is 19.3. The molecule has 9 rings (SSSR count). The Balaban J connectivity index is 1.20. The van der Waals surface area contributed by atoms with Crippen LogP contribution in [0.25, 0.3) is 49.8 Å². The maximum absolute atomic E-state index is 13.6. The quantitative estimate of drug-likeness (QED) is 0.184. The van der Waals surface area contributed by atoms with Crippen LogP contribution in [0.2, 0.25) is 0 Å². The van der Waals surface area contributed by atoms with Crippen molar-refractivity contribution in [2.24, 2.45) is 0 Å². The summed E-state index contributed by atoms with van der Waals surface area (Å²) in [6.07, 6.45) is 15.1. The molecule has 0 saturated heterocycles. The van der Waals surface area contributed by atoms with Gasteiger partial charge in [-0.15, -0.1) is 0 Å². The summed E-state index contributed by atoms with van der Waals surface area (Å²) in [5, 5.41) is 11.7. The molecule has 6 nitrogen and oxygen atoms in total. The molecule has 7 heteroatoms. The number of aromatic nitrogens is 2. The Labute approximate surface area is 303 Å². The number of para-hydroxylation sites is 1. The zero-order valence-electron chi connectivity index (χ0n) is 29.0. The van der Waals surface area contributed by atoms with Gasteiger partial charge in [0.15, 0.2) is 9.84 Å². The van der Waals surface area contributed by atoms with Gasteiger partial charge < -0.3 is 9.47 Å². The van der Waals surface area contributed by atoms with E-state index in [4.69, 9.17) is 0 Å². The van der Waals surface area contributed by atoms with Crippen molar-refractivity contribution in [1.82, 2.24) is 14.5 Å². The summed E-state index contributed by atoms with van der Waals surface area (Å²) in [6.45, 7) is 3.11. The van der Waals surface area contributed by atoms with Gasteiger partial charge in [0.05, 0.1) is 34.2 Å². The lowest BCUT2D eigenvalue weighted by Crippen LogP contribution is -2.24. The van der Waals surface area contributed by atoms with E-state index in [1.807, 2.05) is 67.0 Å². The van der Waals surface area contributed by atoms with Gasteiger partial charge in [-0.3, -0.25) is 4.98 Å². The summed E-state index contributed by atoms with van der Waals surface area (Å²) in [5.41, 5.74) is 12.7. The highest BCUT2D eigenvalue weighted by Crippen LogP contribution is 2.46. The molecule has 254 valence electrons. The van der Waals surface area contributed by atoms with Crippen molar-refractivity contribution in [2.75, 3.05) is 19.3 Å². The van der Waals surface area contributed by atoms with Gasteiger partial charge >= 0.3 is 0 Å². The van der Waals surface area contributed by atoms with E-state index in [0.717, 1.165) is 73.0 Å². The second-order valence-electron chi connectivity index (χ2n) is 14.5. The van der Waals surface area contributed by atoms with Crippen LogP contribution in [0.4, 0.5) is 0 Å². The third kappa shape index (κ3) is 5.47. The van der Waals surface area contributed by atoms with E-state index in [0.29, 0.717) is 12.0 Å². The number of likely N-dealkylation sites (N-methyl/N-ethyl adjacent to an activating group) is 1. The summed E-state index contributed by atoms with van der Waals surface area (Å²) < 4.78 is 29.4. The van der Waals surface area contributed by atoms with Gasteiger partial charge in [0, 0.05) is 47.9 Å². The van der Waals surface area contributed by atoms with E-state index in [9.17, 15) is 13.7 Å². The molecule has 4 aromatic carbocycles. The SMILES string of the molecule is CN1C=CC(c2cc(-c3ccncc3)cc(C3(C)C=CC4=C(C3)c3cc(-n5c6ccccc6c6cc(C#N)ccc65)ccc3CS(=O)(=O)C4)c2)=CC1. The number of rotatable bonds is 4. The van der Waals surface area contributed by atoms with E-state index in [-0.39, 0.29) is 11.5 Å². The van der Waals surface area contributed by atoms with Crippen molar-refractivity contribution >= 4 is 42.8 Å². The van der Waals surface area contributed by atoms with E-state index in [2.05, 4.69) is 101 Å². The Morgan fingerprint density at radius 1 is 0.827 bits per heavy atom. The average molecular weight is 697 g/mol. The average Bonchev–Trinajstić information content (AvgIpc) is 3.44. The Hall–Kier alpha value is -5.97. The molecule has 0 N–H and O–H groups in total. The molecule has 52 heavy (non-hydrogen) atoms. The second kappa shape index (κ2) is 12.1. The van der Waals surface area contributed by atoms with Crippen LogP contribution in [-0.4, -0.2) is 42.2 Å². The van der Waals surface area contributed by atoms with Gasteiger partial charge in [-0.1, -0.05) is 61.5 Å². The van der Waals surface area contributed by atoms with Crippen molar-refractivity contribution in [3.8, 4) is 22.9 Å². The molecule has 2 aliphatic heterocycles. The van der Waals surface area contributed by atoms with Gasteiger partial charge in [0.25, 0.3) is 0 Å². The second-order valence-corrected chi connectivity index (χ2v) is 16.5. The Morgan fingerprint density at radius 2 is 1.63 bits per heavy atom. The molecule has 6 aromatic rings. The summed E-state index contributed by atoms with van der Waals surface area (Å²) in [4.78, 5) is 6.42. The molecule has 1 unspecified atom stereocenters. The molecular weight excluding hydrogens is 661 g/mol. The largest absolute Gasteiger partial charge is 0.377 e. The molecule has 1 atom stereocenters. The summed E-state index contributed by atoms with van der Waals surface area (Å²) in [5.74, 6) is 0.00817. The molecular formula is C45H36N4O2S. The summed E-state index contributed by atoms with van der Waals surface area (Å²) in [6, 6.07) is 33.5. The minimum atomic E-state index is -3.39. The lowest BCUT2D eigenvalue weighted by atomic mass is 9.70. The van der Waals surface area contributed by atoms with Crippen LogP contribution in [0.15, 0.2) is 139 Å². The molecule has 0 fully saturated rings. The lowest BCUT2D eigenvalue weighted by molar-refractivity contribution is 0.506. The number of fused-ring (bicyclic) bond motifs is 5. The van der Waals surface area contributed by atoms with Crippen molar-refractivity contribution in [3.05, 3.63) is 167 Å². The fourth-order valence-corrected chi connectivity index (χ4v) is 9.68. The Kier molecular flexibility index (Phi) is 7.42. The number of benzene rings is 4. The Bertz CT molecular complexity index is 2750. The maximum Gasteiger partial charge on any atom is 0.158 e. The molecule has 0 bridgehead atoms. The highest BCUT2D eigenvalue weighted by molar-refractivity contribution is 7.90. The number of allylic oxidation sites excluding steroid dienone is 5. The number of nitrogens with zero attached hydrogens (tertiary/aromatic N) is 4. The lowest BCUT2D eigenvalue weighted by Gasteiger charge is -2.34. The molecule has 4 heterocycles. The minimum Gasteiger partial charge on any atom is -0.377 e. The number of nitriles is 1. The third-order valence-electron chi connectivity index (χ3n) is 10.9. The van der Waals surface area contributed by atoms with E-state index in [1.165, 1.54) is 11.1 Å². The van der Waals surface area contributed by atoms with E-state index in [1.54, 1.807) is 0 Å². The van der Waals surface area contributed by atoms with Gasteiger partial charge in [0.2, 0.25) is 0 Å². The molecule has 0 spiro atoms. The first-order valence-electron chi connectivity index (χ1n) is 17.5. The van der Waals surface area contributed by atoms with Crippen LogP contribution < -0.4 is 0 Å². The fraction of sp³-hybridized carbons (Fsp3) is 0.156. The van der Waals surface area contributed by atoms with Crippen LogP contribution in [0.1, 0.15) is 41.2 Å². The van der Waals surface area contributed by atoms with Gasteiger partial charge in [0.1, 0.15) is 0 Å². The molecule has 0 radical (unpaired) electrons. The van der Waals surface area contributed by atoms with Crippen molar-refractivity contribution in [3.63, 3.8) is 0 Å². The number of hydrogen-bond acceptors (Lipinski definition) is 5. The van der Waals surface area contributed by atoms with Crippen molar-refractivity contribution in [2.45, 2.75) is 24.5 Å². The van der Waals surface area contributed by atoms with Gasteiger partial charge in [-0.2, -0.15) is 5.26 Å². The fourth-order valence-electron chi connectivity index (χ4n) is 8.11. The van der Waals surface area contributed by atoms with Crippen LogP contribution in [-0.2, 0) is 21.0 Å². The molecule has 2 aromatic heterocycles. The summed E-state index contributed by atoms with van der Waals surface area (Å²) in [7, 11) is -1.32. The number of sulfone groups is 1. The first kappa shape index (κ1) is 32.0. The smallest absolute Gasteiger partial charge is 0.158 e. The van der Waals surface area contributed by atoms with Crippen LogP contribution in [0, 0.1) is 11.3 Å². The van der Waals surface area contributed by atoms with E-state index >= 15 is 0 Å². The van der Waals surface area contributed by atoms with Crippen LogP contribution in [0.3, 0.4) is 0 Å². The Morgan fingerprint density at radius 3 is 2.44 bits per heavy atom. The highest BCUT2D eigenvalue weighted by Gasteiger charge is 2.35. The van der Waals surface area contributed by atoms with Gasteiger partial charge in [-0.05, 0) is 123 Å². The number of hydrogen-bond donors (Lipinski definition) is 0. The highest BCUT2D eigenvalue weighted by atomic mass is 32.2. The molecule has 0 amide bonds. The zero-order valence-corrected chi connectivity index (χ0v) is 29.9. The first-order chi connectivity index (χ1) is 25.2. The maximum atomic E-state index is 13.6. The molecule has 1 aliphatic carbocycles.